The lowest BCUT2D eigenvalue weighted by molar-refractivity contribution is 0.118. The van der Waals surface area contributed by atoms with Gasteiger partial charge in [0.25, 0.3) is 0 Å². The molecule has 1 heterocycles. The summed E-state index contributed by atoms with van der Waals surface area (Å²) in [6, 6.07) is 10.7. The summed E-state index contributed by atoms with van der Waals surface area (Å²) in [6.07, 6.45) is 1.54. The Morgan fingerprint density at radius 2 is 2.00 bits per heavy atom. The molecular weight excluding hydrogens is 160 g/mol. The Morgan fingerprint density at radius 1 is 1.31 bits per heavy atom. The fourth-order valence-corrected chi connectivity index (χ4v) is 2.12. The van der Waals surface area contributed by atoms with E-state index in [4.69, 9.17) is 4.74 Å². The minimum Gasteiger partial charge on any atom is -0.378 e. The molecule has 2 rings (SSSR count). The van der Waals surface area contributed by atoms with Gasteiger partial charge in [-0.3, -0.25) is 0 Å². The van der Waals surface area contributed by atoms with Crippen LogP contribution in [0.15, 0.2) is 30.3 Å². The van der Waals surface area contributed by atoms with Crippen LogP contribution in [-0.2, 0) is 10.2 Å². The van der Waals surface area contributed by atoms with Crippen LogP contribution in [0, 0.1) is 0 Å². The summed E-state index contributed by atoms with van der Waals surface area (Å²) < 4.78 is 5.62. The Balaban J connectivity index is 2.26. The molecule has 0 unspecified atom stereocenters. The minimum absolute atomic E-state index is 0.237. The van der Waals surface area contributed by atoms with E-state index in [9.17, 15) is 0 Å². The van der Waals surface area contributed by atoms with Crippen LogP contribution in [0.25, 0.3) is 0 Å². The molecule has 0 radical (unpaired) electrons. The topological polar surface area (TPSA) is 9.23 Å². The van der Waals surface area contributed by atoms with Crippen LogP contribution in [0.1, 0.15) is 25.8 Å². The van der Waals surface area contributed by atoms with Gasteiger partial charge in [-0.05, 0) is 18.9 Å². The lowest BCUT2D eigenvalue weighted by Crippen LogP contribution is -2.21. The third-order valence-electron chi connectivity index (χ3n) is 2.90. The SMILES string of the molecule is C[C@@H]1C[C@@](C)(c2ccccc2)CO1. The molecule has 1 heteroatoms. The van der Waals surface area contributed by atoms with Gasteiger partial charge in [0.05, 0.1) is 12.7 Å². The average molecular weight is 176 g/mol. The largest absolute Gasteiger partial charge is 0.378 e. The maximum Gasteiger partial charge on any atom is 0.0564 e. The van der Waals surface area contributed by atoms with Crippen molar-refractivity contribution in [2.24, 2.45) is 0 Å². The Morgan fingerprint density at radius 3 is 2.54 bits per heavy atom. The normalized spacial score (nSPS) is 33.5. The summed E-state index contributed by atoms with van der Waals surface area (Å²) >= 11 is 0. The van der Waals surface area contributed by atoms with Crippen LogP contribution in [0.3, 0.4) is 0 Å². The Hall–Kier alpha value is -0.820. The van der Waals surface area contributed by atoms with E-state index in [1.165, 1.54) is 5.56 Å². The van der Waals surface area contributed by atoms with Gasteiger partial charge in [-0.25, -0.2) is 0 Å². The van der Waals surface area contributed by atoms with Crippen molar-refractivity contribution in [1.82, 2.24) is 0 Å². The molecule has 0 aliphatic carbocycles. The second-order valence-electron chi connectivity index (χ2n) is 4.25. The Kier molecular flexibility index (Phi) is 2.12. The number of hydrogen-bond donors (Lipinski definition) is 0. The predicted molar refractivity (Wildman–Crippen MR) is 53.8 cm³/mol. The van der Waals surface area contributed by atoms with Gasteiger partial charge in [0, 0.05) is 5.41 Å². The summed E-state index contributed by atoms with van der Waals surface area (Å²) in [7, 11) is 0. The van der Waals surface area contributed by atoms with E-state index in [-0.39, 0.29) is 5.41 Å². The van der Waals surface area contributed by atoms with Crippen molar-refractivity contribution in [3.63, 3.8) is 0 Å². The van der Waals surface area contributed by atoms with Gasteiger partial charge >= 0.3 is 0 Å². The van der Waals surface area contributed by atoms with Crippen molar-refractivity contribution >= 4 is 0 Å². The predicted octanol–water partition coefficient (Wildman–Crippen LogP) is 2.75. The molecule has 0 amide bonds. The molecule has 0 saturated carbocycles. The zero-order chi connectivity index (χ0) is 9.31. The summed E-state index contributed by atoms with van der Waals surface area (Å²) in [5, 5.41) is 0. The van der Waals surface area contributed by atoms with E-state index < -0.39 is 0 Å². The minimum atomic E-state index is 0.237. The van der Waals surface area contributed by atoms with Crippen molar-refractivity contribution in [3.8, 4) is 0 Å². The summed E-state index contributed by atoms with van der Waals surface area (Å²) in [6.45, 7) is 5.29. The third kappa shape index (κ3) is 1.61. The highest BCUT2D eigenvalue weighted by molar-refractivity contribution is 5.25. The van der Waals surface area contributed by atoms with Gasteiger partial charge in [0.15, 0.2) is 0 Å². The van der Waals surface area contributed by atoms with Crippen LogP contribution >= 0.6 is 0 Å². The van der Waals surface area contributed by atoms with Crippen LogP contribution in [-0.4, -0.2) is 12.7 Å². The fourth-order valence-electron chi connectivity index (χ4n) is 2.12. The molecule has 1 aliphatic rings. The number of hydrogen-bond acceptors (Lipinski definition) is 1. The maximum atomic E-state index is 5.62. The summed E-state index contributed by atoms with van der Waals surface area (Å²) in [4.78, 5) is 0. The molecule has 0 bridgehead atoms. The van der Waals surface area contributed by atoms with Crippen molar-refractivity contribution in [3.05, 3.63) is 35.9 Å². The first-order valence-electron chi connectivity index (χ1n) is 4.88. The first kappa shape index (κ1) is 8.76. The third-order valence-corrected chi connectivity index (χ3v) is 2.90. The Bertz CT molecular complexity index is 280. The molecule has 2 atom stereocenters. The van der Waals surface area contributed by atoms with E-state index in [2.05, 4.69) is 44.2 Å². The fraction of sp³-hybridized carbons (Fsp3) is 0.500. The van der Waals surface area contributed by atoms with Crippen molar-refractivity contribution in [2.75, 3.05) is 6.61 Å². The van der Waals surface area contributed by atoms with E-state index in [1.807, 2.05) is 0 Å². The van der Waals surface area contributed by atoms with Crippen LogP contribution in [0.5, 0.6) is 0 Å². The van der Waals surface area contributed by atoms with Gasteiger partial charge in [-0.1, -0.05) is 37.3 Å². The van der Waals surface area contributed by atoms with Gasteiger partial charge < -0.3 is 4.74 Å². The molecular formula is C12H16O. The number of benzene rings is 1. The van der Waals surface area contributed by atoms with Crippen molar-refractivity contribution in [2.45, 2.75) is 31.8 Å². The zero-order valence-corrected chi connectivity index (χ0v) is 8.29. The van der Waals surface area contributed by atoms with Crippen LogP contribution in [0.4, 0.5) is 0 Å². The summed E-state index contributed by atoms with van der Waals surface area (Å²) in [5.41, 5.74) is 1.64. The quantitative estimate of drug-likeness (QED) is 0.639. The van der Waals surface area contributed by atoms with E-state index in [1.54, 1.807) is 0 Å². The van der Waals surface area contributed by atoms with E-state index in [0.717, 1.165) is 13.0 Å². The van der Waals surface area contributed by atoms with Gasteiger partial charge in [-0.2, -0.15) is 0 Å². The van der Waals surface area contributed by atoms with Gasteiger partial charge in [0.2, 0.25) is 0 Å². The molecule has 1 aromatic rings. The standard InChI is InChI=1S/C12H16O/c1-10-8-12(2,9-13-10)11-6-4-3-5-7-11/h3-7,10H,8-9H2,1-2H3/t10-,12-/m1/s1. The maximum absolute atomic E-state index is 5.62. The molecule has 1 fully saturated rings. The molecule has 13 heavy (non-hydrogen) atoms. The first-order chi connectivity index (χ1) is 6.21. The van der Waals surface area contributed by atoms with Crippen molar-refractivity contribution < 1.29 is 4.74 Å². The highest BCUT2D eigenvalue weighted by atomic mass is 16.5. The second kappa shape index (κ2) is 3.15. The van der Waals surface area contributed by atoms with Crippen molar-refractivity contribution in [1.29, 1.82) is 0 Å². The molecule has 1 nitrogen and oxygen atoms in total. The van der Waals surface area contributed by atoms with E-state index in [0.29, 0.717) is 6.10 Å². The highest BCUT2D eigenvalue weighted by Crippen LogP contribution is 2.35. The molecule has 0 aromatic heterocycles. The molecule has 70 valence electrons. The number of ether oxygens (including phenoxy) is 1. The van der Waals surface area contributed by atoms with E-state index >= 15 is 0 Å². The summed E-state index contributed by atoms with van der Waals surface area (Å²) in [5.74, 6) is 0. The highest BCUT2D eigenvalue weighted by Gasteiger charge is 2.35. The zero-order valence-electron chi connectivity index (χ0n) is 8.29. The lowest BCUT2D eigenvalue weighted by Gasteiger charge is -2.22. The molecule has 1 aromatic carbocycles. The van der Waals surface area contributed by atoms with Gasteiger partial charge in [0.1, 0.15) is 0 Å². The van der Waals surface area contributed by atoms with Crippen LogP contribution < -0.4 is 0 Å². The smallest absolute Gasteiger partial charge is 0.0564 e. The van der Waals surface area contributed by atoms with Crippen LogP contribution in [0.2, 0.25) is 0 Å². The monoisotopic (exact) mass is 176 g/mol. The second-order valence-corrected chi connectivity index (χ2v) is 4.25. The van der Waals surface area contributed by atoms with Gasteiger partial charge in [-0.15, -0.1) is 0 Å². The molecule has 0 N–H and O–H groups in total. The Labute approximate surface area is 79.7 Å². The molecule has 1 aliphatic heterocycles. The average Bonchev–Trinajstić information content (AvgIpc) is 2.49. The first-order valence-corrected chi connectivity index (χ1v) is 4.88. The molecule has 1 saturated heterocycles. The number of rotatable bonds is 1. The molecule has 0 spiro atoms. The lowest BCUT2D eigenvalue weighted by atomic mass is 9.81.